The van der Waals surface area contributed by atoms with Crippen LogP contribution in [0.25, 0.3) is 0 Å². The fourth-order valence-corrected chi connectivity index (χ4v) is 1.39. The standard InChI is InChI=1S/C10H11NO2/c1-6-3-4-8-10(7(6)2)11-9(12)5-13-8/h3-4H,5H2,1-2H3,(H,11,12). The van der Waals surface area contributed by atoms with E-state index in [4.69, 9.17) is 4.74 Å². The molecule has 2 rings (SSSR count). The average Bonchev–Trinajstić information content (AvgIpc) is 2.12. The second-order valence-corrected chi connectivity index (χ2v) is 3.22. The molecule has 0 saturated carbocycles. The number of benzene rings is 1. The Kier molecular flexibility index (Phi) is 1.72. The van der Waals surface area contributed by atoms with Crippen LogP contribution in [0.1, 0.15) is 11.1 Å². The highest BCUT2D eigenvalue weighted by Gasteiger charge is 2.17. The van der Waals surface area contributed by atoms with Gasteiger partial charge in [-0.2, -0.15) is 0 Å². The largest absolute Gasteiger partial charge is 0.482 e. The number of anilines is 1. The first-order valence-electron chi connectivity index (χ1n) is 4.21. The summed E-state index contributed by atoms with van der Waals surface area (Å²) in [5.41, 5.74) is 3.05. The maximum Gasteiger partial charge on any atom is 0.262 e. The molecule has 3 nitrogen and oxygen atoms in total. The van der Waals surface area contributed by atoms with Gasteiger partial charge in [0.05, 0.1) is 5.69 Å². The smallest absolute Gasteiger partial charge is 0.262 e. The maximum atomic E-state index is 11.1. The van der Waals surface area contributed by atoms with Crippen LogP contribution in [-0.4, -0.2) is 12.5 Å². The fourth-order valence-electron chi connectivity index (χ4n) is 1.39. The predicted octanol–water partition coefficient (Wildman–Crippen LogP) is 1.63. The normalized spacial score (nSPS) is 14.5. The van der Waals surface area contributed by atoms with Gasteiger partial charge in [-0.25, -0.2) is 0 Å². The summed E-state index contributed by atoms with van der Waals surface area (Å²) >= 11 is 0. The van der Waals surface area contributed by atoms with Crippen molar-refractivity contribution < 1.29 is 9.53 Å². The molecule has 1 aliphatic heterocycles. The van der Waals surface area contributed by atoms with E-state index in [0.717, 1.165) is 22.6 Å². The number of carbonyl (C=O) groups excluding carboxylic acids is 1. The number of aryl methyl sites for hydroxylation is 1. The zero-order chi connectivity index (χ0) is 9.42. The molecular formula is C10H11NO2. The number of carbonyl (C=O) groups is 1. The molecule has 1 aliphatic rings. The summed E-state index contributed by atoms with van der Waals surface area (Å²) in [5, 5.41) is 2.81. The first-order chi connectivity index (χ1) is 6.18. The molecular weight excluding hydrogens is 166 g/mol. The summed E-state index contributed by atoms with van der Waals surface area (Å²) in [6.45, 7) is 4.11. The second kappa shape index (κ2) is 2.76. The summed E-state index contributed by atoms with van der Waals surface area (Å²) in [6.07, 6.45) is 0. The Bertz CT molecular complexity index is 371. The van der Waals surface area contributed by atoms with Gasteiger partial charge in [-0.3, -0.25) is 4.79 Å². The van der Waals surface area contributed by atoms with Crippen molar-refractivity contribution in [2.75, 3.05) is 11.9 Å². The zero-order valence-corrected chi connectivity index (χ0v) is 7.68. The van der Waals surface area contributed by atoms with Crippen LogP contribution in [-0.2, 0) is 4.79 Å². The number of nitrogens with one attached hydrogen (secondary N) is 1. The van der Waals surface area contributed by atoms with Gasteiger partial charge >= 0.3 is 0 Å². The maximum absolute atomic E-state index is 11.1. The molecule has 0 aromatic heterocycles. The molecule has 0 bridgehead atoms. The van der Waals surface area contributed by atoms with E-state index in [1.54, 1.807) is 0 Å². The van der Waals surface area contributed by atoms with Crippen LogP contribution >= 0.6 is 0 Å². The molecule has 68 valence electrons. The topological polar surface area (TPSA) is 38.3 Å². The van der Waals surface area contributed by atoms with E-state index in [-0.39, 0.29) is 12.5 Å². The van der Waals surface area contributed by atoms with Crippen molar-refractivity contribution in [3.8, 4) is 5.75 Å². The molecule has 0 saturated heterocycles. The number of amides is 1. The van der Waals surface area contributed by atoms with Gasteiger partial charge in [0.15, 0.2) is 6.61 Å². The Balaban J connectivity index is 2.54. The molecule has 1 amide bonds. The Morgan fingerprint density at radius 1 is 1.38 bits per heavy atom. The van der Waals surface area contributed by atoms with Crippen molar-refractivity contribution in [1.29, 1.82) is 0 Å². The summed E-state index contributed by atoms with van der Waals surface area (Å²) in [5.74, 6) is 0.684. The molecule has 0 spiro atoms. The number of rotatable bonds is 0. The number of ether oxygens (including phenoxy) is 1. The van der Waals surface area contributed by atoms with Gasteiger partial charge < -0.3 is 10.1 Å². The minimum atomic E-state index is -0.0822. The summed E-state index contributed by atoms with van der Waals surface area (Å²) in [6, 6.07) is 3.88. The number of hydrogen-bond donors (Lipinski definition) is 1. The lowest BCUT2D eigenvalue weighted by Crippen LogP contribution is -2.26. The Hall–Kier alpha value is -1.51. The van der Waals surface area contributed by atoms with E-state index in [1.165, 1.54) is 0 Å². The molecule has 1 aromatic rings. The van der Waals surface area contributed by atoms with Gasteiger partial charge in [-0.05, 0) is 31.0 Å². The molecule has 1 aromatic carbocycles. The van der Waals surface area contributed by atoms with Gasteiger partial charge in [0.1, 0.15) is 5.75 Å². The van der Waals surface area contributed by atoms with Gasteiger partial charge in [0.25, 0.3) is 5.91 Å². The average molecular weight is 177 g/mol. The Labute approximate surface area is 76.7 Å². The van der Waals surface area contributed by atoms with Crippen LogP contribution in [0.4, 0.5) is 5.69 Å². The minimum Gasteiger partial charge on any atom is -0.482 e. The third-order valence-corrected chi connectivity index (χ3v) is 2.32. The van der Waals surface area contributed by atoms with Crippen LogP contribution in [0.2, 0.25) is 0 Å². The van der Waals surface area contributed by atoms with Crippen molar-refractivity contribution in [3.63, 3.8) is 0 Å². The highest BCUT2D eigenvalue weighted by molar-refractivity contribution is 5.96. The molecule has 0 unspecified atom stereocenters. The highest BCUT2D eigenvalue weighted by atomic mass is 16.5. The third kappa shape index (κ3) is 1.26. The van der Waals surface area contributed by atoms with Crippen molar-refractivity contribution >= 4 is 11.6 Å². The van der Waals surface area contributed by atoms with Gasteiger partial charge in [0.2, 0.25) is 0 Å². The van der Waals surface area contributed by atoms with E-state index >= 15 is 0 Å². The molecule has 1 N–H and O–H groups in total. The van der Waals surface area contributed by atoms with E-state index < -0.39 is 0 Å². The van der Waals surface area contributed by atoms with Crippen LogP contribution in [0.3, 0.4) is 0 Å². The van der Waals surface area contributed by atoms with E-state index in [2.05, 4.69) is 5.32 Å². The van der Waals surface area contributed by atoms with Crippen LogP contribution in [0.15, 0.2) is 12.1 Å². The number of fused-ring (bicyclic) bond motifs is 1. The lowest BCUT2D eigenvalue weighted by Gasteiger charge is -2.20. The first kappa shape index (κ1) is 8.10. The first-order valence-corrected chi connectivity index (χ1v) is 4.21. The zero-order valence-electron chi connectivity index (χ0n) is 7.68. The Morgan fingerprint density at radius 2 is 2.15 bits per heavy atom. The van der Waals surface area contributed by atoms with Gasteiger partial charge in [0, 0.05) is 0 Å². The molecule has 0 radical (unpaired) electrons. The summed E-state index contributed by atoms with van der Waals surface area (Å²) in [4.78, 5) is 11.1. The second-order valence-electron chi connectivity index (χ2n) is 3.22. The van der Waals surface area contributed by atoms with Crippen LogP contribution in [0.5, 0.6) is 5.75 Å². The van der Waals surface area contributed by atoms with E-state index in [1.807, 2.05) is 26.0 Å². The predicted molar refractivity (Wildman–Crippen MR) is 50.0 cm³/mol. The Morgan fingerprint density at radius 3 is 2.92 bits per heavy atom. The molecule has 3 heteroatoms. The van der Waals surface area contributed by atoms with E-state index in [9.17, 15) is 4.79 Å². The monoisotopic (exact) mass is 177 g/mol. The SMILES string of the molecule is Cc1ccc2c(c1C)NC(=O)CO2. The summed E-state index contributed by atoms with van der Waals surface area (Å²) < 4.78 is 5.26. The van der Waals surface area contributed by atoms with Crippen molar-refractivity contribution in [3.05, 3.63) is 23.3 Å². The minimum absolute atomic E-state index is 0.0822. The van der Waals surface area contributed by atoms with Crippen molar-refractivity contribution in [2.24, 2.45) is 0 Å². The van der Waals surface area contributed by atoms with Gasteiger partial charge in [-0.1, -0.05) is 6.07 Å². The van der Waals surface area contributed by atoms with Crippen molar-refractivity contribution in [1.82, 2.24) is 0 Å². The molecule has 13 heavy (non-hydrogen) atoms. The highest BCUT2D eigenvalue weighted by Crippen LogP contribution is 2.32. The van der Waals surface area contributed by atoms with Crippen LogP contribution in [0, 0.1) is 13.8 Å². The molecule has 0 fully saturated rings. The molecule has 0 aliphatic carbocycles. The van der Waals surface area contributed by atoms with Crippen molar-refractivity contribution in [2.45, 2.75) is 13.8 Å². The quantitative estimate of drug-likeness (QED) is 0.654. The lowest BCUT2D eigenvalue weighted by atomic mass is 10.1. The summed E-state index contributed by atoms with van der Waals surface area (Å²) in [7, 11) is 0. The van der Waals surface area contributed by atoms with Crippen LogP contribution < -0.4 is 10.1 Å². The van der Waals surface area contributed by atoms with E-state index in [0.29, 0.717) is 0 Å². The fraction of sp³-hybridized carbons (Fsp3) is 0.300. The van der Waals surface area contributed by atoms with Gasteiger partial charge in [-0.15, -0.1) is 0 Å². The third-order valence-electron chi connectivity index (χ3n) is 2.32. The molecule has 0 atom stereocenters. The number of hydrogen-bond acceptors (Lipinski definition) is 2. The molecule has 1 heterocycles. The lowest BCUT2D eigenvalue weighted by molar-refractivity contribution is -0.118.